The standard InChI is InChI=1S/C18H20INO/c1-13-5-8-15(9-6-13)4-3-11-20-18(21)16-10-7-14(2)12-17(16)19/h5-10,12H,3-4,11H2,1-2H3,(H,20,21). The number of carbonyl (C=O) groups is 1. The highest BCUT2D eigenvalue weighted by Crippen LogP contribution is 2.14. The fourth-order valence-corrected chi connectivity index (χ4v) is 3.06. The highest BCUT2D eigenvalue weighted by Gasteiger charge is 2.08. The van der Waals surface area contributed by atoms with Crippen LogP contribution in [0.2, 0.25) is 0 Å². The van der Waals surface area contributed by atoms with Crippen molar-refractivity contribution in [3.05, 3.63) is 68.3 Å². The number of hydrogen-bond donors (Lipinski definition) is 1. The lowest BCUT2D eigenvalue weighted by atomic mass is 10.1. The Kier molecular flexibility index (Phi) is 5.79. The van der Waals surface area contributed by atoms with E-state index in [1.165, 1.54) is 16.7 Å². The second-order valence-electron chi connectivity index (χ2n) is 5.33. The van der Waals surface area contributed by atoms with Gasteiger partial charge in [0.25, 0.3) is 5.91 Å². The first kappa shape index (κ1) is 16.0. The van der Waals surface area contributed by atoms with Crippen LogP contribution in [0.15, 0.2) is 42.5 Å². The lowest BCUT2D eigenvalue weighted by Gasteiger charge is -2.08. The molecule has 0 aromatic heterocycles. The molecule has 0 heterocycles. The third-order valence-corrected chi connectivity index (χ3v) is 4.31. The summed E-state index contributed by atoms with van der Waals surface area (Å²) >= 11 is 2.21. The van der Waals surface area contributed by atoms with Crippen molar-refractivity contribution in [3.8, 4) is 0 Å². The van der Waals surface area contributed by atoms with E-state index in [9.17, 15) is 4.79 Å². The summed E-state index contributed by atoms with van der Waals surface area (Å²) < 4.78 is 1.00. The van der Waals surface area contributed by atoms with Crippen molar-refractivity contribution in [1.82, 2.24) is 5.32 Å². The molecule has 0 radical (unpaired) electrons. The SMILES string of the molecule is Cc1ccc(CCCNC(=O)c2ccc(C)cc2I)cc1. The van der Waals surface area contributed by atoms with Crippen LogP contribution >= 0.6 is 22.6 Å². The Hall–Kier alpha value is -1.36. The van der Waals surface area contributed by atoms with E-state index in [2.05, 4.69) is 59.1 Å². The van der Waals surface area contributed by atoms with Gasteiger partial charge in [0, 0.05) is 10.1 Å². The molecule has 2 rings (SSSR count). The van der Waals surface area contributed by atoms with E-state index >= 15 is 0 Å². The van der Waals surface area contributed by atoms with Crippen molar-refractivity contribution in [2.24, 2.45) is 0 Å². The fourth-order valence-electron chi connectivity index (χ4n) is 2.15. The smallest absolute Gasteiger partial charge is 0.252 e. The summed E-state index contributed by atoms with van der Waals surface area (Å²) in [5, 5.41) is 3.00. The maximum Gasteiger partial charge on any atom is 0.252 e. The average molecular weight is 393 g/mol. The van der Waals surface area contributed by atoms with Gasteiger partial charge in [-0.25, -0.2) is 0 Å². The van der Waals surface area contributed by atoms with Gasteiger partial charge >= 0.3 is 0 Å². The van der Waals surface area contributed by atoms with Gasteiger partial charge in [-0.3, -0.25) is 4.79 Å². The van der Waals surface area contributed by atoms with Crippen LogP contribution in [0.25, 0.3) is 0 Å². The lowest BCUT2D eigenvalue weighted by molar-refractivity contribution is 0.0952. The Morgan fingerprint density at radius 2 is 1.71 bits per heavy atom. The first-order chi connectivity index (χ1) is 10.1. The van der Waals surface area contributed by atoms with Crippen LogP contribution in [0.4, 0.5) is 0 Å². The van der Waals surface area contributed by atoms with E-state index in [-0.39, 0.29) is 5.91 Å². The van der Waals surface area contributed by atoms with Gasteiger partial charge in [0.15, 0.2) is 0 Å². The minimum Gasteiger partial charge on any atom is -0.352 e. The average Bonchev–Trinajstić information content (AvgIpc) is 2.45. The Balaban J connectivity index is 1.80. The second kappa shape index (κ2) is 7.59. The summed E-state index contributed by atoms with van der Waals surface area (Å²) in [6.45, 7) is 4.83. The fraction of sp³-hybridized carbons (Fsp3) is 0.278. The minimum absolute atomic E-state index is 0.0170. The Morgan fingerprint density at radius 3 is 2.38 bits per heavy atom. The minimum atomic E-state index is 0.0170. The predicted molar refractivity (Wildman–Crippen MR) is 95.7 cm³/mol. The molecule has 110 valence electrons. The maximum absolute atomic E-state index is 12.1. The number of carbonyl (C=O) groups excluding carboxylic acids is 1. The number of rotatable bonds is 5. The van der Waals surface area contributed by atoms with Gasteiger partial charge < -0.3 is 5.32 Å². The van der Waals surface area contributed by atoms with Crippen LogP contribution < -0.4 is 5.32 Å². The van der Waals surface area contributed by atoms with E-state index in [4.69, 9.17) is 0 Å². The summed E-state index contributed by atoms with van der Waals surface area (Å²) in [4.78, 5) is 12.1. The zero-order chi connectivity index (χ0) is 15.2. The monoisotopic (exact) mass is 393 g/mol. The largest absolute Gasteiger partial charge is 0.352 e. The molecule has 3 heteroatoms. The van der Waals surface area contributed by atoms with Crippen LogP contribution in [0, 0.1) is 17.4 Å². The molecule has 0 spiro atoms. The number of hydrogen-bond acceptors (Lipinski definition) is 1. The summed E-state index contributed by atoms with van der Waals surface area (Å²) in [6, 6.07) is 14.5. The van der Waals surface area contributed by atoms with Crippen LogP contribution in [0.1, 0.15) is 33.5 Å². The van der Waals surface area contributed by atoms with Crippen molar-refractivity contribution in [1.29, 1.82) is 0 Å². The van der Waals surface area contributed by atoms with E-state index in [0.717, 1.165) is 22.0 Å². The van der Waals surface area contributed by atoms with Gasteiger partial charge in [-0.05, 0) is 67.0 Å². The van der Waals surface area contributed by atoms with E-state index in [1.54, 1.807) is 0 Å². The molecule has 2 aromatic rings. The van der Waals surface area contributed by atoms with Crippen LogP contribution in [0.3, 0.4) is 0 Å². The molecule has 2 nitrogen and oxygen atoms in total. The van der Waals surface area contributed by atoms with Gasteiger partial charge in [-0.15, -0.1) is 0 Å². The van der Waals surface area contributed by atoms with Gasteiger partial charge in [-0.2, -0.15) is 0 Å². The number of benzene rings is 2. The molecule has 0 aliphatic heterocycles. The molecular formula is C18H20INO. The summed E-state index contributed by atoms with van der Waals surface area (Å²) in [5.74, 6) is 0.0170. The number of nitrogens with one attached hydrogen (secondary N) is 1. The molecule has 0 bridgehead atoms. The summed E-state index contributed by atoms with van der Waals surface area (Å²) in [5.41, 5.74) is 4.53. The molecule has 0 saturated heterocycles. The van der Waals surface area contributed by atoms with Crippen molar-refractivity contribution in [3.63, 3.8) is 0 Å². The molecule has 21 heavy (non-hydrogen) atoms. The van der Waals surface area contributed by atoms with E-state index in [1.807, 2.05) is 25.1 Å². The number of halogens is 1. The van der Waals surface area contributed by atoms with E-state index in [0.29, 0.717) is 6.54 Å². The Morgan fingerprint density at radius 1 is 1.05 bits per heavy atom. The van der Waals surface area contributed by atoms with Crippen LogP contribution in [-0.2, 0) is 6.42 Å². The zero-order valence-corrected chi connectivity index (χ0v) is 14.6. The molecule has 0 atom stereocenters. The normalized spacial score (nSPS) is 10.4. The molecule has 0 unspecified atom stereocenters. The Labute approximate surface area is 140 Å². The van der Waals surface area contributed by atoms with Crippen LogP contribution in [-0.4, -0.2) is 12.5 Å². The van der Waals surface area contributed by atoms with Crippen LogP contribution in [0.5, 0.6) is 0 Å². The second-order valence-corrected chi connectivity index (χ2v) is 6.49. The van der Waals surface area contributed by atoms with Crippen molar-refractivity contribution in [2.75, 3.05) is 6.54 Å². The lowest BCUT2D eigenvalue weighted by Crippen LogP contribution is -2.25. The quantitative estimate of drug-likeness (QED) is 0.597. The van der Waals surface area contributed by atoms with Gasteiger partial charge in [0.1, 0.15) is 0 Å². The molecule has 1 amide bonds. The molecule has 0 saturated carbocycles. The van der Waals surface area contributed by atoms with E-state index < -0.39 is 0 Å². The molecule has 0 aliphatic rings. The van der Waals surface area contributed by atoms with Gasteiger partial charge in [0.2, 0.25) is 0 Å². The van der Waals surface area contributed by atoms with Gasteiger partial charge in [-0.1, -0.05) is 41.5 Å². The molecule has 2 aromatic carbocycles. The first-order valence-electron chi connectivity index (χ1n) is 7.16. The highest BCUT2D eigenvalue weighted by molar-refractivity contribution is 14.1. The van der Waals surface area contributed by atoms with Crippen molar-refractivity contribution in [2.45, 2.75) is 26.7 Å². The number of aryl methyl sites for hydroxylation is 3. The predicted octanol–water partition coefficient (Wildman–Crippen LogP) is 4.27. The van der Waals surface area contributed by atoms with Gasteiger partial charge in [0.05, 0.1) is 5.56 Å². The van der Waals surface area contributed by atoms with Crippen molar-refractivity contribution >= 4 is 28.5 Å². The third-order valence-electron chi connectivity index (χ3n) is 3.42. The maximum atomic E-state index is 12.1. The topological polar surface area (TPSA) is 29.1 Å². The first-order valence-corrected chi connectivity index (χ1v) is 8.24. The Bertz CT molecular complexity index is 620. The summed E-state index contributed by atoms with van der Waals surface area (Å²) in [6.07, 6.45) is 1.95. The summed E-state index contributed by atoms with van der Waals surface area (Å²) in [7, 11) is 0. The molecule has 0 fully saturated rings. The third kappa shape index (κ3) is 4.84. The molecular weight excluding hydrogens is 373 g/mol. The van der Waals surface area contributed by atoms with Crippen molar-refractivity contribution < 1.29 is 4.79 Å². The highest BCUT2D eigenvalue weighted by atomic mass is 127. The molecule has 1 N–H and O–H groups in total. The molecule has 0 aliphatic carbocycles. The zero-order valence-electron chi connectivity index (χ0n) is 12.4. The number of amides is 1.